The van der Waals surface area contributed by atoms with Crippen LogP contribution in [-0.2, 0) is 6.42 Å². The summed E-state index contributed by atoms with van der Waals surface area (Å²) in [5.74, 6) is 0. The van der Waals surface area contributed by atoms with E-state index in [-0.39, 0.29) is 0 Å². The average molecular weight is 205 g/mol. The standard InChI is InChI=1S/C11H9ClN2/c1-14-6-8-3-2-7-4-10(12)11(13)5-9(7)8/h4-6H,2-3,13H2/b8-6+. The number of hydrogen-bond donors (Lipinski definition) is 1. The van der Waals surface area contributed by atoms with Gasteiger partial charge < -0.3 is 5.73 Å². The molecule has 1 aliphatic rings. The molecule has 1 aromatic rings. The van der Waals surface area contributed by atoms with E-state index in [0.717, 1.165) is 24.0 Å². The van der Waals surface area contributed by atoms with Crippen LogP contribution in [0, 0.1) is 6.57 Å². The molecule has 2 rings (SSSR count). The van der Waals surface area contributed by atoms with E-state index in [9.17, 15) is 0 Å². The quantitative estimate of drug-likeness (QED) is 0.511. The number of fused-ring (bicyclic) bond motifs is 1. The molecule has 0 saturated carbocycles. The van der Waals surface area contributed by atoms with Crippen molar-refractivity contribution in [3.05, 3.63) is 45.9 Å². The van der Waals surface area contributed by atoms with Gasteiger partial charge in [0.2, 0.25) is 0 Å². The largest absolute Gasteiger partial charge is 0.398 e. The fraction of sp³-hybridized carbons (Fsp3) is 0.182. The van der Waals surface area contributed by atoms with Gasteiger partial charge in [0.1, 0.15) is 0 Å². The highest BCUT2D eigenvalue weighted by Gasteiger charge is 2.17. The number of halogens is 1. The normalized spacial score (nSPS) is 16.7. The molecule has 14 heavy (non-hydrogen) atoms. The Morgan fingerprint density at radius 2 is 2.21 bits per heavy atom. The van der Waals surface area contributed by atoms with Gasteiger partial charge in [0, 0.05) is 0 Å². The van der Waals surface area contributed by atoms with E-state index in [4.69, 9.17) is 23.9 Å². The lowest BCUT2D eigenvalue weighted by Gasteiger charge is -2.03. The molecule has 0 heterocycles. The monoisotopic (exact) mass is 204 g/mol. The maximum absolute atomic E-state index is 6.80. The first kappa shape index (κ1) is 9.11. The molecule has 2 nitrogen and oxygen atoms in total. The second-order valence-corrected chi connectivity index (χ2v) is 3.72. The highest BCUT2D eigenvalue weighted by atomic mass is 35.5. The molecular weight excluding hydrogens is 196 g/mol. The molecule has 2 N–H and O–H groups in total. The minimum atomic E-state index is 0.586. The number of hydrogen-bond acceptors (Lipinski definition) is 1. The van der Waals surface area contributed by atoms with Gasteiger partial charge >= 0.3 is 0 Å². The Kier molecular flexibility index (Phi) is 2.18. The third kappa shape index (κ3) is 1.36. The van der Waals surface area contributed by atoms with E-state index in [1.165, 1.54) is 5.56 Å². The molecule has 3 heteroatoms. The van der Waals surface area contributed by atoms with Crippen LogP contribution in [0.15, 0.2) is 18.3 Å². The number of allylic oxidation sites excluding steroid dienone is 1. The van der Waals surface area contributed by atoms with Crippen LogP contribution in [0.25, 0.3) is 10.4 Å². The van der Waals surface area contributed by atoms with Crippen molar-refractivity contribution in [3.8, 4) is 0 Å². The molecule has 0 aliphatic heterocycles. The molecule has 70 valence electrons. The number of nitrogens with zero attached hydrogens (tertiary/aromatic N) is 1. The van der Waals surface area contributed by atoms with Gasteiger partial charge in [-0.25, -0.2) is 4.85 Å². The van der Waals surface area contributed by atoms with E-state index in [1.54, 1.807) is 6.20 Å². The van der Waals surface area contributed by atoms with Crippen molar-refractivity contribution in [1.29, 1.82) is 0 Å². The summed E-state index contributed by atoms with van der Waals surface area (Å²) in [4.78, 5) is 3.28. The van der Waals surface area contributed by atoms with E-state index in [0.29, 0.717) is 10.7 Å². The van der Waals surface area contributed by atoms with Gasteiger partial charge in [0.05, 0.1) is 17.3 Å². The van der Waals surface area contributed by atoms with Gasteiger partial charge in [-0.2, -0.15) is 0 Å². The molecule has 0 radical (unpaired) electrons. The third-order valence-electron chi connectivity index (χ3n) is 2.45. The first-order valence-corrected chi connectivity index (χ1v) is 4.74. The Bertz CT molecular complexity index is 455. The molecule has 0 fully saturated rings. The molecular formula is C11H9ClN2. The Morgan fingerprint density at radius 1 is 1.43 bits per heavy atom. The van der Waals surface area contributed by atoms with Gasteiger partial charge in [0.25, 0.3) is 0 Å². The average Bonchev–Trinajstić information content (AvgIpc) is 2.51. The van der Waals surface area contributed by atoms with Crippen LogP contribution in [0.2, 0.25) is 5.02 Å². The van der Waals surface area contributed by atoms with Crippen molar-refractivity contribution in [2.24, 2.45) is 0 Å². The minimum Gasteiger partial charge on any atom is -0.398 e. The van der Waals surface area contributed by atoms with Crippen LogP contribution in [0.4, 0.5) is 5.69 Å². The Morgan fingerprint density at radius 3 is 2.93 bits per heavy atom. The SMILES string of the molecule is [C-]#[N+]/C=C1\CCc2cc(Cl)c(N)cc21. The van der Waals surface area contributed by atoms with E-state index in [2.05, 4.69) is 4.85 Å². The van der Waals surface area contributed by atoms with Crippen LogP contribution in [-0.4, -0.2) is 0 Å². The first-order valence-electron chi connectivity index (χ1n) is 4.36. The van der Waals surface area contributed by atoms with Crippen molar-refractivity contribution < 1.29 is 0 Å². The second-order valence-electron chi connectivity index (χ2n) is 3.31. The lowest BCUT2D eigenvalue weighted by atomic mass is 10.1. The van der Waals surface area contributed by atoms with Crippen molar-refractivity contribution in [2.45, 2.75) is 12.8 Å². The Hall–Kier alpha value is -1.46. The number of anilines is 1. The maximum atomic E-state index is 6.80. The van der Waals surface area contributed by atoms with Gasteiger partial charge in [-0.1, -0.05) is 11.6 Å². The molecule has 0 atom stereocenters. The first-order chi connectivity index (χ1) is 6.72. The third-order valence-corrected chi connectivity index (χ3v) is 2.78. The van der Waals surface area contributed by atoms with Crippen molar-refractivity contribution in [1.82, 2.24) is 0 Å². The lowest BCUT2D eigenvalue weighted by molar-refractivity contribution is 1.08. The van der Waals surface area contributed by atoms with Gasteiger partial charge in [-0.05, 0) is 41.7 Å². The molecule has 1 aliphatic carbocycles. The summed E-state index contributed by atoms with van der Waals surface area (Å²) < 4.78 is 0. The smallest absolute Gasteiger partial charge is 0.157 e. The summed E-state index contributed by atoms with van der Waals surface area (Å²) in [5.41, 5.74) is 9.65. The molecule has 0 spiro atoms. The van der Waals surface area contributed by atoms with E-state index < -0.39 is 0 Å². The van der Waals surface area contributed by atoms with Crippen molar-refractivity contribution in [2.75, 3.05) is 5.73 Å². The number of rotatable bonds is 0. The molecule has 0 unspecified atom stereocenters. The van der Waals surface area contributed by atoms with Crippen molar-refractivity contribution in [3.63, 3.8) is 0 Å². The topological polar surface area (TPSA) is 30.4 Å². The Balaban J connectivity index is 2.57. The number of aryl methyl sites for hydroxylation is 1. The highest BCUT2D eigenvalue weighted by molar-refractivity contribution is 6.33. The summed E-state index contributed by atoms with van der Waals surface area (Å²) >= 11 is 5.91. The van der Waals surface area contributed by atoms with Crippen molar-refractivity contribution >= 4 is 22.9 Å². The zero-order valence-corrected chi connectivity index (χ0v) is 8.30. The Labute approximate surface area is 87.8 Å². The van der Waals surface area contributed by atoms with Gasteiger partial charge in [-0.15, -0.1) is 0 Å². The van der Waals surface area contributed by atoms with Gasteiger partial charge in [0.15, 0.2) is 6.20 Å². The molecule has 0 amide bonds. The van der Waals surface area contributed by atoms with E-state index >= 15 is 0 Å². The molecule has 1 aromatic carbocycles. The molecule has 0 aromatic heterocycles. The molecule has 0 bridgehead atoms. The predicted octanol–water partition coefficient (Wildman–Crippen LogP) is 3.13. The van der Waals surface area contributed by atoms with Crippen LogP contribution in [0.3, 0.4) is 0 Å². The summed E-state index contributed by atoms with van der Waals surface area (Å²) in [6.45, 7) is 6.80. The fourth-order valence-corrected chi connectivity index (χ4v) is 1.94. The van der Waals surface area contributed by atoms with Crippen LogP contribution >= 0.6 is 11.6 Å². The van der Waals surface area contributed by atoms with Crippen LogP contribution < -0.4 is 5.73 Å². The van der Waals surface area contributed by atoms with E-state index in [1.807, 2.05) is 12.1 Å². The number of nitrogens with two attached hydrogens (primary N) is 1. The maximum Gasteiger partial charge on any atom is 0.157 e. The zero-order chi connectivity index (χ0) is 10.1. The summed E-state index contributed by atoms with van der Waals surface area (Å²) in [6, 6.07) is 3.76. The summed E-state index contributed by atoms with van der Waals surface area (Å²) in [7, 11) is 0. The lowest BCUT2D eigenvalue weighted by Crippen LogP contribution is -1.90. The second kappa shape index (κ2) is 3.36. The molecule has 0 saturated heterocycles. The highest BCUT2D eigenvalue weighted by Crippen LogP contribution is 2.36. The number of nitrogen functional groups attached to an aromatic ring is 1. The summed E-state index contributed by atoms with van der Waals surface area (Å²) in [6.07, 6.45) is 3.44. The number of benzene rings is 1. The summed E-state index contributed by atoms with van der Waals surface area (Å²) in [5, 5.41) is 0.604. The van der Waals surface area contributed by atoms with Crippen LogP contribution in [0.1, 0.15) is 17.5 Å². The minimum absolute atomic E-state index is 0.586. The van der Waals surface area contributed by atoms with Crippen LogP contribution in [0.5, 0.6) is 0 Å². The zero-order valence-electron chi connectivity index (χ0n) is 7.55. The van der Waals surface area contributed by atoms with Gasteiger partial charge in [-0.3, -0.25) is 0 Å². The predicted molar refractivity (Wildman–Crippen MR) is 58.8 cm³/mol. The fourth-order valence-electron chi connectivity index (χ4n) is 1.75.